The van der Waals surface area contributed by atoms with E-state index >= 15 is 0 Å². The predicted molar refractivity (Wildman–Crippen MR) is 80.9 cm³/mol. The lowest BCUT2D eigenvalue weighted by Gasteiger charge is -2.12. The molecular formula is C15H9ClF3NO5. The first kappa shape index (κ1) is 18.5. The van der Waals surface area contributed by atoms with E-state index in [-0.39, 0.29) is 22.3 Å². The Labute approximate surface area is 143 Å². The molecule has 2 aromatic rings. The van der Waals surface area contributed by atoms with Gasteiger partial charge in [-0.3, -0.25) is 14.9 Å². The molecule has 0 radical (unpaired) electrons. The van der Waals surface area contributed by atoms with Gasteiger partial charge in [-0.1, -0.05) is 11.6 Å². The lowest BCUT2D eigenvalue weighted by molar-refractivity contribution is -0.385. The third kappa shape index (κ3) is 4.60. The summed E-state index contributed by atoms with van der Waals surface area (Å²) >= 11 is 5.77. The van der Waals surface area contributed by atoms with Crippen molar-refractivity contribution < 1.29 is 32.4 Å². The maximum absolute atomic E-state index is 12.6. The third-order valence-corrected chi connectivity index (χ3v) is 3.16. The smallest absolute Gasteiger partial charge is 0.416 e. The van der Waals surface area contributed by atoms with Gasteiger partial charge in [0.2, 0.25) is 5.75 Å². The van der Waals surface area contributed by atoms with E-state index in [9.17, 15) is 28.1 Å². The van der Waals surface area contributed by atoms with Crippen LogP contribution in [0.3, 0.4) is 0 Å². The van der Waals surface area contributed by atoms with Gasteiger partial charge < -0.3 is 9.47 Å². The molecule has 0 saturated heterocycles. The summed E-state index contributed by atoms with van der Waals surface area (Å²) in [5.74, 6) is -1.26. The molecule has 0 unspecified atom stereocenters. The SMILES string of the molecule is CC(=O)Oc1cc(Oc2ccc(C(F)(F)F)cc2Cl)ccc1[N+](=O)[O-]. The second kappa shape index (κ2) is 6.98. The van der Waals surface area contributed by atoms with E-state index in [0.717, 1.165) is 31.2 Å². The number of alkyl halides is 3. The number of halogens is 4. The minimum Gasteiger partial charge on any atom is -0.456 e. The fraction of sp³-hybridized carbons (Fsp3) is 0.133. The molecule has 0 fully saturated rings. The summed E-state index contributed by atoms with van der Waals surface area (Å²) in [6.07, 6.45) is -4.56. The summed E-state index contributed by atoms with van der Waals surface area (Å²) in [7, 11) is 0. The van der Waals surface area contributed by atoms with Crippen LogP contribution < -0.4 is 9.47 Å². The zero-order valence-electron chi connectivity index (χ0n) is 12.5. The van der Waals surface area contributed by atoms with Crippen molar-refractivity contribution in [3.63, 3.8) is 0 Å². The lowest BCUT2D eigenvalue weighted by atomic mass is 10.2. The minimum absolute atomic E-state index is 0.0106. The van der Waals surface area contributed by atoms with Crippen LogP contribution >= 0.6 is 11.6 Å². The van der Waals surface area contributed by atoms with E-state index in [1.165, 1.54) is 6.07 Å². The van der Waals surface area contributed by atoms with E-state index in [2.05, 4.69) is 0 Å². The van der Waals surface area contributed by atoms with Crippen molar-refractivity contribution in [2.45, 2.75) is 13.1 Å². The highest BCUT2D eigenvalue weighted by Gasteiger charge is 2.31. The molecule has 10 heteroatoms. The van der Waals surface area contributed by atoms with Crippen LogP contribution in [0.5, 0.6) is 17.2 Å². The lowest BCUT2D eigenvalue weighted by Crippen LogP contribution is -2.05. The number of hydrogen-bond donors (Lipinski definition) is 0. The van der Waals surface area contributed by atoms with E-state index < -0.39 is 28.3 Å². The van der Waals surface area contributed by atoms with Crippen LogP contribution in [-0.4, -0.2) is 10.9 Å². The number of hydrogen-bond acceptors (Lipinski definition) is 5. The quantitative estimate of drug-likeness (QED) is 0.326. The van der Waals surface area contributed by atoms with Crippen LogP contribution in [0.4, 0.5) is 18.9 Å². The first-order valence-corrected chi connectivity index (χ1v) is 6.97. The zero-order valence-corrected chi connectivity index (χ0v) is 13.2. The number of carbonyl (C=O) groups excluding carboxylic acids is 1. The van der Waals surface area contributed by atoms with Gasteiger partial charge in [-0.05, 0) is 24.3 Å². The number of nitro benzene ring substituents is 1. The Morgan fingerprint density at radius 3 is 2.36 bits per heavy atom. The normalized spacial score (nSPS) is 11.1. The molecule has 25 heavy (non-hydrogen) atoms. The molecule has 0 saturated carbocycles. The van der Waals surface area contributed by atoms with Crippen molar-refractivity contribution >= 4 is 23.3 Å². The first-order valence-electron chi connectivity index (χ1n) is 6.59. The van der Waals surface area contributed by atoms with Crippen molar-refractivity contribution in [2.24, 2.45) is 0 Å². The summed E-state index contributed by atoms with van der Waals surface area (Å²) in [5.41, 5.74) is -1.42. The maximum Gasteiger partial charge on any atom is 0.416 e. The molecule has 0 aliphatic rings. The Kier molecular flexibility index (Phi) is 5.17. The van der Waals surface area contributed by atoms with Gasteiger partial charge in [0.25, 0.3) is 0 Å². The molecule has 0 aliphatic heterocycles. The maximum atomic E-state index is 12.6. The Hall–Kier alpha value is -2.81. The monoisotopic (exact) mass is 375 g/mol. The second-order valence-corrected chi connectivity index (χ2v) is 5.13. The van der Waals surface area contributed by atoms with Gasteiger partial charge in [-0.15, -0.1) is 0 Å². The average Bonchev–Trinajstić information content (AvgIpc) is 2.47. The number of ether oxygens (including phenoxy) is 2. The number of nitro groups is 1. The summed E-state index contributed by atoms with van der Waals surface area (Å²) in [6.45, 7) is 1.06. The summed E-state index contributed by atoms with van der Waals surface area (Å²) in [5, 5.41) is 10.6. The van der Waals surface area contributed by atoms with E-state index in [4.69, 9.17) is 21.1 Å². The fourth-order valence-corrected chi connectivity index (χ4v) is 2.05. The van der Waals surface area contributed by atoms with Gasteiger partial charge in [-0.2, -0.15) is 13.2 Å². The van der Waals surface area contributed by atoms with Crippen LogP contribution in [0.2, 0.25) is 5.02 Å². The molecule has 132 valence electrons. The van der Waals surface area contributed by atoms with Gasteiger partial charge in [0.05, 0.1) is 15.5 Å². The van der Waals surface area contributed by atoms with E-state index in [1.807, 2.05) is 0 Å². The first-order chi connectivity index (χ1) is 11.6. The highest BCUT2D eigenvalue weighted by Crippen LogP contribution is 2.38. The number of nitrogens with zero attached hydrogens (tertiary/aromatic N) is 1. The molecule has 0 aliphatic carbocycles. The van der Waals surface area contributed by atoms with Crippen molar-refractivity contribution in [1.29, 1.82) is 0 Å². The average molecular weight is 376 g/mol. The summed E-state index contributed by atoms with van der Waals surface area (Å²) in [4.78, 5) is 21.2. The summed E-state index contributed by atoms with van der Waals surface area (Å²) < 4.78 is 47.9. The van der Waals surface area contributed by atoms with Gasteiger partial charge in [-0.25, -0.2) is 0 Å². The Morgan fingerprint density at radius 2 is 1.84 bits per heavy atom. The van der Waals surface area contributed by atoms with Gasteiger partial charge in [0, 0.05) is 19.1 Å². The molecular weight excluding hydrogens is 367 g/mol. The largest absolute Gasteiger partial charge is 0.456 e. The van der Waals surface area contributed by atoms with Crippen molar-refractivity contribution in [2.75, 3.05) is 0 Å². The zero-order chi connectivity index (χ0) is 18.8. The van der Waals surface area contributed by atoms with Crippen LogP contribution in [0.25, 0.3) is 0 Å². The number of rotatable bonds is 4. The molecule has 0 heterocycles. The van der Waals surface area contributed by atoms with Crippen molar-refractivity contribution in [1.82, 2.24) is 0 Å². The van der Waals surface area contributed by atoms with Crippen LogP contribution in [0.15, 0.2) is 36.4 Å². The summed E-state index contributed by atoms with van der Waals surface area (Å²) in [6, 6.07) is 5.77. The molecule has 0 atom stereocenters. The Bertz CT molecular complexity index is 838. The highest BCUT2D eigenvalue weighted by atomic mass is 35.5. The molecule has 2 aromatic carbocycles. The van der Waals surface area contributed by atoms with Gasteiger partial charge >= 0.3 is 17.8 Å². The van der Waals surface area contributed by atoms with Crippen LogP contribution in [0, 0.1) is 10.1 Å². The van der Waals surface area contributed by atoms with Crippen molar-refractivity contribution in [3.05, 3.63) is 57.1 Å². The minimum atomic E-state index is -4.56. The topological polar surface area (TPSA) is 78.7 Å². The molecule has 0 aromatic heterocycles. The Balaban J connectivity index is 2.34. The van der Waals surface area contributed by atoms with Crippen molar-refractivity contribution in [3.8, 4) is 17.2 Å². The number of benzene rings is 2. The third-order valence-electron chi connectivity index (χ3n) is 2.87. The molecule has 0 spiro atoms. The number of carbonyl (C=O) groups is 1. The molecule has 0 bridgehead atoms. The van der Waals surface area contributed by atoms with Gasteiger partial charge in [0.15, 0.2) is 0 Å². The Morgan fingerprint density at radius 1 is 1.16 bits per heavy atom. The molecule has 2 rings (SSSR count). The van der Waals surface area contributed by atoms with Crippen LogP contribution in [0.1, 0.15) is 12.5 Å². The molecule has 6 nitrogen and oxygen atoms in total. The van der Waals surface area contributed by atoms with E-state index in [1.54, 1.807) is 0 Å². The van der Waals surface area contributed by atoms with E-state index in [0.29, 0.717) is 6.07 Å². The number of esters is 1. The molecule has 0 N–H and O–H groups in total. The standard InChI is InChI=1S/C15H9ClF3NO5/c1-8(21)24-14-7-10(3-4-12(14)20(22)23)25-13-5-2-9(6-11(13)16)15(17,18)19/h2-7H,1H3. The highest BCUT2D eigenvalue weighted by molar-refractivity contribution is 6.32. The molecule has 0 amide bonds. The van der Waals surface area contributed by atoms with Crippen LogP contribution in [-0.2, 0) is 11.0 Å². The predicted octanol–water partition coefficient (Wildman–Crippen LogP) is 4.98. The van der Waals surface area contributed by atoms with Gasteiger partial charge in [0.1, 0.15) is 11.5 Å². The fourth-order valence-electron chi connectivity index (χ4n) is 1.83. The second-order valence-electron chi connectivity index (χ2n) is 4.73.